The molecule has 0 radical (unpaired) electrons. The highest BCUT2D eigenvalue weighted by Crippen LogP contribution is 2.31. The van der Waals surface area contributed by atoms with Gasteiger partial charge in [0.25, 0.3) is 0 Å². The number of aliphatic hydroxyl groups excluding tert-OH is 1. The van der Waals surface area contributed by atoms with Crippen LogP contribution in [0.25, 0.3) is 33.7 Å². The van der Waals surface area contributed by atoms with Crippen molar-refractivity contribution in [3.05, 3.63) is 43.1 Å². The van der Waals surface area contributed by atoms with Crippen LogP contribution in [-0.4, -0.2) is 62.1 Å². The molecule has 0 aliphatic carbocycles. The maximum atomic E-state index is 9.34. The first-order valence-electron chi connectivity index (χ1n) is 8.74. The van der Waals surface area contributed by atoms with Crippen molar-refractivity contribution < 1.29 is 5.11 Å². The lowest BCUT2D eigenvalue weighted by molar-refractivity contribution is 0.278. The average Bonchev–Trinajstić information content (AvgIpc) is 3.51. The average molecular weight is 389 g/mol. The molecule has 0 amide bonds. The third-order valence-electron chi connectivity index (χ3n) is 4.37. The molecule has 0 aliphatic heterocycles. The molecule has 12 heteroatoms. The van der Waals surface area contributed by atoms with Gasteiger partial charge in [-0.3, -0.25) is 5.10 Å². The summed E-state index contributed by atoms with van der Waals surface area (Å²) in [5, 5.41) is 33.3. The van der Waals surface area contributed by atoms with Crippen LogP contribution in [0.3, 0.4) is 0 Å². The highest BCUT2D eigenvalue weighted by Gasteiger charge is 2.13. The van der Waals surface area contributed by atoms with Crippen LogP contribution in [0, 0.1) is 0 Å². The van der Waals surface area contributed by atoms with Crippen LogP contribution >= 0.6 is 0 Å². The topological polar surface area (TPSA) is 159 Å². The van der Waals surface area contributed by atoms with Gasteiger partial charge >= 0.3 is 0 Å². The van der Waals surface area contributed by atoms with Crippen LogP contribution in [0.5, 0.6) is 0 Å². The molecule has 0 bridgehead atoms. The smallest absolute Gasteiger partial charge is 0.227 e. The van der Waals surface area contributed by atoms with Crippen molar-refractivity contribution in [1.29, 1.82) is 0 Å². The first-order chi connectivity index (χ1) is 14.3. The number of H-pyrrole nitrogens is 2. The molecule has 4 aromatic heterocycles. The normalized spacial score (nSPS) is 11.2. The Morgan fingerprint density at radius 2 is 2.03 bits per heavy atom. The molecule has 0 aliphatic rings. The van der Waals surface area contributed by atoms with Gasteiger partial charge in [0.2, 0.25) is 11.8 Å². The summed E-state index contributed by atoms with van der Waals surface area (Å²) in [4.78, 5) is 13.1. The number of rotatable bonds is 6. The zero-order valence-corrected chi connectivity index (χ0v) is 15.0. The van der Waals surface area contributed by atoms with Gasteiger partial charge in [0.1, 0.15) is 0 Å². The number of nitrogens with zero attached hydrogens (tertiary/aromatic N) is 8. The van der Waals surface area contributed by atoms with Crippen LogP contribution < -0.4 is 5.32 Å². The van der Waals surface area contributed by atoms with E-state index in [0.717, 1.165) is 28.0 Å². The first-order valence-corrected chi connectivity index (χ1v) is 8.74. The van der Waals surface area contributed by atoms with E-state index in [1.807, 2.05) is 22.8 Å². The van der Waals surface area contributed by atoms with E-state index >= 15 is 0 Å². The van der Waals surface area contributed by atoms with Crippen LogP contribution in [0.4, 0.5) is 11.6 Å². The molecule has 0 spiro atoms. The van der Waals surface area contributed by atoms with Crippen molar-refractivity contribution in [3.8, 4) is 22.6 Å². The maximum absolute atomic E-state index is 9.34. The lowest BCUT2D eigenvalue weighted by Crippen LogP contribution is -2.01. The molecular weight excluding hydrogens is 374 g/mol. The Balaban J connectivity index is 1.53. The molecular formula is C17H15N11O. The molecule has 5 rings (SSSR count). The number of imidazole rings is 1. The van der Waals surface area contributed by atoms with E-state index in [-0.39, 0.29) is 6.61 Å². The van der Waals surface area contributed by atoms with Gasteiger partial charge < -0.3 is 15.0 Å². The number of nitrogens with one attached hydrogen (secondary N) is 3. The van der Waals surface area contributed by atoms with Crippen molar-refractivity contribution in [1.82, 2.24) is 50.3 Å². The van der Waals surface area contributed by atoms with Crippen LogP contribution in [0.2, 0.25) is 0 Å². The number of fused-ring (bicyclic) bond motifs is 1. The summed E-state index contributed by atoms with van der Waals surface area (Å²) < 4.78 is 1.89. The molecule has 0 saturated heterocycles. The largest absolute Gasteiger partial charge is 0.395 e. The minimum absolute atomic E-state index is 0.0170. The van der Waals surface area contributed by atoms with Gasteiger partial charge in [-0.05, 0) is 23.4 Å². The lowest BCUT2D eigenvalue weighted by Gasteiger charge is -2.09. The molecule has 5 aromatic rings. The Bertz CT molecular complexity index is 1230. The Labute approximate surface area is 163 Å². The lowest BCUT2D eigenvalue weighted by atomic mass is 10.1. The molecule has 0 fully saturated rings. The third kappa shape index (κ3) is 3.17. The number of tetrazole rings is 1. The molecule has 0 unspecified atom stereocenters. The van der Waals surface area contributed by atoms with Gasteiger partial charge in [-0.15, -0.1) is 10.2 Å². The molecule has 4 N–H and O–H groups in total. The number of aliphatic hydroxyl groups is 1. The van der Waals surface area contributed by atoms with Gasteiger partial charge in [0.15, 0.2) is 0 Å². The summed E-state index contributed by atoms with van der Waals surface area (Å²) >= 11 is 0. The highest BCUT2D eigenvalue weighted by molar-refractivity contribution is 5.94. The summed E-state index contributed by atoms with van der Waals surface area (Å²) in [6.07, 6.45) is 6.63. The molecule has 4 heterocycles. The molecule has 1 aromatic carbocycles. The second-order valence-electron chi connectivity index (χ2n) is 6.18. The number of aromatic nitrogens is 10. The zero-order valence-electron chi connectivity index (χ0n) is 15.0. The fourth-order valence-electron chi connectivity index (χ4n) is 3.05. The van der Waals surface area contributed by atoms with Crippen LogP contribution in [-0.2, 0) is 6.54 Å². The number of hydrogen-bond acceptors (Lipinski definition) is 9. The maximum Gasteiger partial charge on any atom is 0.227 e. The molecule has 144 valence electrons. The molecule has 0 saturated carbocycles. The number of hydrogen-bond donors (Lipinski definition) is 4. The van der Waals surface area contributed by atoms with Gasteiger partial charge in [-0.25, -0.2) is 15.0 Å². The monoisotopic (exact) mass is 389 g/mol. The number of aromatic amines is 2. The summed E-state index contributed by atoms with van der Waals surface area (Å²) in [7, 11) is 0. The standard InChI is InChI=1S/C17H15N11O/c29-4-3-28-9-20-15-12(13-1-2-21-23-13)5-11(6-14(15)28)22-17-18-7-10(8-19-17)16-24-26-27-25-16/h1-2,5-9,29H,3-4H2,(H,21,23)(H,18,19,22)(H,24,25,26,27). The minimum atomic E-state index is 0.0170. The highest BCUT2D eigenvalue weighted by atomic mass is 16.3. The van der Waals surface area contributed by atoms with Crippen molar-refractivity contribution in [2.45, 2.75) is 6.54 Å². The zero-order chi connectivity index (χ0) is 19.6. The Kier molecular flexibility index (Phi) is 4.14. The van der Waals surface area contributed by atoms with E-state index in [1.165, 1.54) is 0 Å². The quantitative estimate of drug-likeness (QED) is 0.334. The van der Waals surface area contributed by atoms with Gasteiger partial charge in [-0.2, -0.15) is 10.3 Å². The van der Waals surface area contributed by atoms with Gasteiger partial charge in [0, 0.05) is 36.4 Å². The van der Waals surface area contributed by atoms with Crippen molar-refractivity contribution >= 4 is 22.7 Å². The number of benzene rings is 1. The molecule has 0 atom stereocenters. The van der Waals surface area contributed by atoms with Gasteiger partial charge in [-0.1, -0.05) is 0 Å². The Hall–Kier alpha value is -4.19. The molecule has 29 heavy (non-hydrogen) atoms. The number of anilines is 2. The van der Waals surface area contributed by atoms with Gasteiger partial charge in [0.05, 0.1) is 35.2 Å². The Morgan fingerprint density at radius 3 is 2.76 bits per heavy atom. The SMILES string of the molecule is OCCn1cnc2c(-c3ccn[nH]3)cc(Nc3ncc(-c4nn[nH]n4)cn3)cc21. The minimum Gasteiger partial charge on any atom is -0.395 e. The van der Waals surface area contributed by atoms with Crippen LogP contribution in [0.15, 0.2) is 43.1 Å². The Morgan fingerprint density at radius 1 is 1.14 bits per heavy atom. The second kappa shape index (κ2) is 7.09. The first kappa shape index (κ1) is 16.9. The predicted octanol–water partition coefficient (Wildman–Crippen LogP) is 1.13. The predicted molar refractivity (Wildman–Crippen MR) is 103 cm³/mol. The third-order valence-corrected chi connectivity index (χ3v) is 4.37. The van der Waals surface area contributed by atoms with E-state index in [1.54, 1.807) is 24.9 Å². The summed E-state index contributed by atoms with van der Waals surface area (Å²) in [5.74, 6) is 0.841. The summed E-state index contributed by atoms with van der Waals surface area (Å²) in [6.45, 7) is 0.460. The van der Waals surface area contributed by atoms with E-state index in [4.69, 9.17) is 0 Å². The summed E-state index contributed by atoms with van der Waals surface area (Å²) in [5.41, 5.74) is 4.82. The fraction of sp³-hybridized carbons (Fsp3) is 0.118. The van der Waals surface area contributed by atoms with E-state index in [0.29, 0.717) is 23.9 Å². The van der Waals surface area contributed by atoms with E-state index < -0.39 is 0 Å². The summed E-state index contributed by atoms with van der Waals surface area (Å²) in [6, 6.07) is 5.76. The van der Waals surface area contributed by atoms with Crippen LogP contribution in [0.1, 0.15) is 0 Å². The molecule has 12 nitrogen and oxygen atoms in total. The van der Waals surface area contributed by atoms with Crippen molar-refractivity contribution in [3.63, 3.8) is 0 Å². The second-order valence-corrected chi connectivity index (χ2v) is 6.18. The van der Waals surface area contributed by atoms with E-state index in [9.17, 15) is 5.11 Å². The van der Waals surface area contributed by atoms with Crippen molar-refractivity contribution in [2.75, 3.05) is 11.9 Å². The van der Waals surface area contributed by atoms with E-state index in [2.05, 4.69) is 51.1 Å². The fourth-order valence-corrected chi connectivity index (χ4v) is 3.05. The van der Waals surface area contributed by atoms with Crippen molar-refractivity contribution in [2.24, 2.45) is 0 Å².